The molecule has 8 heteroatoms. The average Bonchev–Trinajstić information content (AvgIpc) is 2.56. The fourth-order valence-electron chi connectivity index (χ4n) is 0.814. The van der Waals surface area contributed by atoms with E-state index in [0.717, 1.165) is 58.6 Å². The molecule has 0 saturated carbocycles. The van der Waals surface area contributed by atoms with Crippen molar-refractivity contribution in [3.63, 3.8) is 0 Å². The maximum Gasteiger partial charge on any atom is -0.171 e. The van der Waals surface area contributed by atoms with Crippen LogP contribution in [0.4, 0.5) is 0 Å². The van der Waals surface area contributed by atoms with Gasteiger partial charge in [-0.25, -0.2) is 0 Å². The summed E-state index contributed by atoms with van der Waals surface area (Å²) in [5, 5.41) is 18.1. The van der Waals surface area contributed by atoms with Crippen LogP contribution >= 0.6 is 0 Å². The first-order valence-electron chi connectivity index (χ1n) is 5.55. The molecule has 1 fully saturated rings. The minimum atomic E-state index is 0. The Morgan fingerprint density at radius 1 is 1.10 bits per heavy atom. The Kier molecular flexibility index (Phi) is 50.3. The topological polar surface area (TPSA) is 102 Å². The molecule has 1 aliphatic rings. The molecular weight excluding hydrogens is 335 g/mol. The third kappa shape index (κ3) is 36.0. The maximum atomic E-state index is 7.00. The van der Waals surface area contributed by atoms with Crippen LogP contribution in [0.15, 0.2) is 30.3 Å². The van der Waals surface area contributed by atoms with E-state index in [9.17, 15) is 0 Å². The number of hydrogen-bond donors (Lipinski definition) is 3. The van der Waals surface area contributed by atoms with Crippen molar-refractivity contribution in [2.45, 2.75) is 0 Å². The van der Waals surface area contributed by atoms with Gasteiger partial charge in [0.05, 0.1) is 0 Å². The van der Waals surface area contributed by atoms with Gasteiger partial charge >= 0.3 is 27.1 Å². The zero-order valence-electron chi connectivity index (χ0n) is 12.0. The molecule has 1 saturated heterocycles. The Balaban J connectivity index is -0.0000000869. The Labute approximate surface area is 137 Å². The van der Waals surface area contributed by atoms with E-state index in [-0.39, 0.29) is 12.4 Å². The van der Waals surface area contributed by atoms with Crippen LogP contribution in [0, 0.1) is 11.6 Å². The molecule has 0 amide bonds. The van der Waals surface area contributed by atoms with E-state index < -0.39 is 0 Å². The number of ether oxygens (including phenoxy) is 1. The van der Waals surface area contributed by atoms with E-state index in [1.54, 1.807) is 0 Å². The summed E-state index contributed by atoms with van der Waals surface area (Å²) in [6, 6.07) is 12.5. The summed E-state index contributed by atoms with van der Waals surface area (Å²) in [5.74, 6) is 0. The van der Waals surface area contributed by atoms with Crippen LogP contribution in [0.25, 0.3) is 5.32 Å². The predicted molar refractivity (Wildman–Crippen MR) is 70.3 cm³/mol. The van der Waals surface area contributed by atoms with Crippen LogP contribution in [0.2, 0.25) is 0 Å². The second kappa shape index (κ2) is 36.3. The summed E-state index contributed by atoms with van der Waals surface area (Å²) < 4.78 is 7.85. The minimum absolute atomic E-state index is 0. The third-order valence-corrected chi connectivity index (χ3v) is 1.39. The number of nitrogens with zero attached hydrogens (tertiary/aromatic N) is 2. The van der Waals surface area contributed by atoms with Crippen LogP contribution < -0.4 is 15.9 Å². The first kappa shape index (κ1) is 27.8. The fraction of sp³-hybridized carbons (Fsp3) is 0.500. The number of rotatable bonds is 0. The van der Waals surface area contributed by atoms with Crippen molar-refractivity contribution in [3.05, 3.63) is 41.7 Å². The van der Waals surface area contributed by atoms with Gasteiger partial charge in [-0.15, -0.1) is 13.1 Å². The van der Waals surface area contributed by atoms with Gasteiger partial charge in [0.25, 0.3) is 0 Å². The Bertz CT molecular complexity index is 221. The van der Waals surface area contributed by atoms with Gasteiger partial charge in [-0.1, -0.05) is 0 Å². The van der Waals surface area contributed by atoms with Crippen molar-refractivity contribution in [3.8, 4) is 0 Å². The van der Waals surface area contributed by atoms with Crippen LogP contribution in [-0.2, 0) is 22.9 Å². The first-order valence-corrected chi connectivity index (χ1v) is 6.88. The normalized spacial score (nSPS) is 10.7. The fourth-order valence-corrected chi connectivity index (χ4v) is 0.814. The standard InChI is InChI=1S/C6H5.C4H8NO.2CH4O.ClH.HN2.Zn/c1-2-4-6-5-3-1;1-3-6-4-2-5-1;2*1-2;;1-2;/h1-5H;1-4H2;2*2H,1H3;1H;1H;/q2*-1;;;;-1;+2/p-1. The molecule has 114 valence electrons. The average molecular weight is 357 g/mol. The zero-order valence-corrected chi connectivity index (χ0v) is 15.7. The molecule has 0 unspecified atom stereocenters. The summed E-state index contributed by atoms with van der Waals surface area (Å²) in [6.07, 6.45) is 0. The summed E-state index contributed by atoms with van der Waals surface area (Å²) >= 11 is 0.736. The number of benzene rings is 1. The van der Waals surface area contributed by atoms with Crippen molar-refractivity contribution in [2.75, 3.05) is 40.5 Å². The molecule has 0 radical (unpaired) electrons. The first-order chi connectivity index (χ1) is 9.41. The molecule has 1 aliphatic heterocycles. The van der Waals surface area contributed by atoms with E-state index in [1.165, 1.54) is 0 Å². The molecule has 6 nitrogen and oxygen atoms in total. The molecule has 0 atom stereocenters. The van der Waals surface area contributed by atoms with Crippen LogP contribution in [-0.4, -0.2) is 50.7 Å². The van der Waals surface area contributed by atoms with Crippen LogP contribution in [0.1, 0.15) is 0 Å². The molecular formula is C12H22ClN3O3Zn-2. The molecule has 1 aromatic carbocycles. The van der Waals surface area contributed by atoms with Crippen molar-refractivity contribution in [2.24, 2.45) is 0 Å². The van der Waals surface area contributed by atoms with Gasteiger partial charge in [-0.2, -0.15) is 36.4 Å². The monoisotopic (exact) mass is 355 g/mol. The van der Waals surface area contributed by atoms with Gasteiger partial charge in [0.2, 0.25) is 0 Å². The largest absolute Gasteiger partial charge is 1.00 e. The molecule has 2 rings (SSSR count). The van der Waals surface area contributed by atoms with Gasteiger partial charge in [0.1, 0.15) is 0 Å². The Morgan fingerprint density at radius 3 is 1.60 bits per heavy atom. The smallest absolute Gasteiger partial charge is 0.171 e. The number of halogens is 1. The maximum absolute atomic E-state index is 7.00. The molecule has 0 spiro atoms. The molecule has 0 bridgehead atoms. The Morgan fingerprint density at radius 2 is 1.50 bits per heavy atom. The molecule has 0 aliphatic carbocycles. The van der Waals surface area contributed by atoms with E-state index in [2.05, 4.69) is 14.9 Å². The number of aliphatic hydroxyl groups excluding tert-OH is 2. The number of nitrogens with one attached hydrogen (secondary N) is 1. The van der Waals surface area contributed by atoms with E-state index in [1.807, 2.05) is 30.3 Å². The van der Waals surface area contributed by atoms with E-state index >= 15 is 0 Å². The second-order valence-corrected chi connectivity index (χ2v) is 3.18. The predicted octanol–water partition coefficient (Wildman–Crippen LogP) is -2.09. The molecule has 20 heavy (non-hydrogen) atoms. The van der Waals surface area contributed by atoms with Crippen molar-refractivity contribution < 1.29 is 45.5 Å². The summed E-state index contributed by atoms with van der Waals surface area (Å²) in [5.41, 5.74) is 5.89. The second-order valence-electron chi connectivity index (χ2n) is 2.52. The van der Waals surface area contributed by atoms with Crippen molar-refractivity contribution >= 4 is 0 Å². The van der Waals surface area contributed by atoms with E-state index in [4.69, 9.17) is 20.5 Å². The zero-order chi connectivity index (χ0) is 15.2. The molecule has 0 aromatic heterocycles. The minimum Gasteiger partial charge on any atom is -1.00 e. The summed E-state index contributed by atoms with van der Waals surface area (Å²) in [6.45, 7) is 3.47. The number of hydrogen-bond acceptors (Lipinski definition) is 4. The number of aliphatic hydroxyl groups is 2. The molecule has 3 N–H and O–H groups in total. The van der Waals surface area contributed by atoms with E-state index in [0.29, 0.717) is 0 Å². The van der Waals surface area contributed by atoms with Gasteiger partial charge < -0.3 is 32.7 Å². The van der Waals surface area contributed by atoms with Crippen LogP contribution in [0.5, 0.6) is 0 Å². The quantitative estimate of drug-likeness (QED) is 0.215. The summed E-state index contributed by atoms with van der Waals surface area (Å²) in [4.78, 5) is 0. The molecule has 1 aromatic rings. The third-order valence-electron chi connectivity index (χ3n) is 1.39. The summed E-state index contributed by atoms with van der Waals surface area (Å²) in [7, 11) is 2.00. The SMILES string of the molecule is C1COCC[N-]1.CO.CO.N=[N+]=[Zn].[Cl-].[c-]1ccccc1. The molecule has 1 heterocycles. The Hall–Kier alpha value is -0.517. The van der Waals surface area contributed by atoms with Gasteiger partial charge in [-0.3, -0.25) is 0 Å². The van der Waals surface area contributed by atoms with Crippen molar-refractivity contribution in [1.29, 1.82) is 5.53 Å². The van der Waals surface area contributed by atoms with Gasteiger partial charge in [0, 0.05) is 27.4 Å². The van der Waals surface area contributed by atoms with Crippen molar-refractivity contribution in [1.82, 2.24) is 3.48 Å². The van der Waals surface area contributed by atoms with Gasteiger partial charge in [-0.05, 0) is 0 Å². The van der Waals surface area contributed by atoms with Crippen LogP contribution in [0.3, 0.4) is 0 Å². The van der Waals surface area contributed by atoms with Gasteiger partial charge in [0.15, 0.2) is 0 Å². The number of morpholine rings is 1.